The Labute approximate surface area is 192 Å². The molecule has 2 atom stereocenters. The standard InChI is InChI=1S/C27H24N4O2/c32-26(30-14-9-18-7-11-28-12-8-18)20-3-1-19(2-4-20)24-16-25(24)27(33)31-23-6-5-22-17-29-13-10-21(22)15-23/h1-8,10-13,15,17,24-25H,9,14,16H2,(H,30,32)(H,31,33)/t24-,25+/m0/s1. The van der Waals surface area contributed by atoms with Gasteiger partial charge in [-0.25, -0.2) is 0 Å². The van der Waals surface area contributed by atoms with E-state index in [0.29, 0.717) is 12.1 Å². The molecule has 2 aromatic carbocycles. The summed E-state index contributed by atoms with van der Waals surface area (Å²) in [6.45, 7) is 0.570. The highest BCUT2D eigenvalue weighted by molar-refractivity contribution is 5.97. The van der Waals surface area contributed by atoms with E-state index in [1.807, 2.05) is 66.9 Å². The quantitative estimate of drug-likeness (QED) is 0.451. The van der Waals surface area contributed by atoms with Crippen molar-refractivity contribution in [3.63, 3.8) is 0 Å². The van der Waals surface area contributed by atoms with Crippen molar-refractivity contribution >= 4 is 28.3 Å². The molecule has 4 aromatic rings. The summed E-state index contributed by atoms with van der Waals surface area (Å²) in [7, 11) is 0. The minimum atomic E-state index is -0.0906. The maximum Gasteiger partial charge on any atom is 0.251 e. The van der Waals surface area contributed by atoms with Crippen LogP contribution in [0.25, 0.3) is 10.8 Å². The Hall–Kier alpha value is -4.06. The fourth-order valence-electron chi connectivity index (χ4n) is 4.10. The van der Waals surface area contributed by atoms with Gasteiger partial charge in [0.05, 0.1) is 0 Å². The number of carbonyl (C=O) groups excluding carboxylic acids is 2. The van der Waals surface area contributed by atoms with Crippen LogP contribution in [0, 0.1) is 5.92 Å². The third-order valence-electron chi connectivity index (χ3n) is 6.08. The molecule has 1 fully saturated rings. The van der Waals surface area contributed by atoms with Crippen LogP contribution >= 0.6 is 0 Å². The summed E-state index contributed by atoms with van der Waals surface area (Å²) in [5.74, 6) is 0.0928. The lowest BCUT2D eigenvalue weighted by Gasteiger charge is -2.08. The molecule has 1 saturated carbocycles. The first-order valence-electron chi connectivity index (χ1n) is 11.1. The Bertz CT molecular complexity index is 1290. The minimum Gasteiger partial charge on any atom is -0.352 e. The Morgan fingerprint density at radius 3 is 2.48 bits per heavy atom. The van der Waals surface area contributed by atoms with E-state index < -0.39 is 0 Å². The minimum absolute atomic E-state index is 0.0336. The molecule has 6 heteroatoms. The number of amides is 2. The topological polar surface area (TPSA) is 84.0 Å². The van der Waals surface area contributed by atoms with Gasteiger partial charge in [0.2, 0.25) is 5.91 Å². The van der Waals surface area contributed by atoms with E-state index in [0.717, 1.165) is 40.4 Å². The third kappa shape index (κ3) is 4.90. The van der Waals surface area contributed by atoms with Crippen LogP contribution in [0.4, 0.5) is 5.69 Å². The molecule has 2 amide bonds. The van der Waals surface area contributed by atoms with Gasteiger partial charge in [0.25, 0.3) is 5.91 Å². The fraction of sp³-hybridized carbons (Fsp3) is 0.185. The summed E-state index contributed by atoms with van der Waals surface area (Å²) in [5.41, 5.74) is 3.65. The van der Waals surface area contributed by atoms with E-state index in [9.17, 15) is 9.59 Å². The summed E-state index contributed by atoms with van der Waals surface area (Å²) in [6.07, 6.45) is 8.64. The molecule has 2 aromatic heterocycles. The van der Waals surface area contributed by atoms with Gasteiger partial charge in [-0.2, -0.15) is 0 Å². The molecule has 0 saturated heterocycles. The van der Waals surface area contributed by atoms with Crippen LogP contribution in [0.15, 0.2) is 85.5 Å². The molecule has 164 valence electrons. The predicted molar refractivity (Wildman–Crippen MR) is 128 cm³/mol. The molecule has 0 bridgehead atoms. The van der Waals surface area contributed by atoms with Crippen LogP contribution in [0.3, 0.4) is 0 Å². The van der Waals surface area contributed by atoms with Crippen LogP contribution in [0.1, 0.15) is 33.8 Å². The molecule has 0 unspecified atom stereocenters. The molecule has 5 rings (SSSR count). The number of nitrogens with zero attached hydrogens (tertiary/aromatic N) is 2. The Morgan fingerprint density at radius 1 is 0.879 bits per heavy atom. The number of rotatable bonds is 7. The molecular weight excluding hydrogens is 412 g/mol. The Kier molecular flexibility index (Phi) is 5.81. The van der Waals surface area contributed by atoms with Crippen molar-refractivity contribution in [3.05, 3.63) is 102 Å². The number of benzene rings is 2. The lowest BCUT2D eigenvalue weighted by molar-refractivity contribution is -0.117. The second-order valence-corrected chi connectivity index (χ2v) is 8.36. The van der Waals surface area contributed by atoms with E-state index in [4.69, 9.17) is 0 Å². The van der Waals surface area contributed by atoms with Crippen molar-refractivity contribution in [2.45, 2.75) is 18.8 Å². The number of anilines is 1. The molecule has 1 aliphatic rings. The molecule has 0 aliphatic heterocycles. The first-order chi connectivity index (χ1) is 16.2. The normalized spacial score (nSPS) is 16.8. The largest absolute Gasteiger partial charge is 0.352 e. The molecule has 2 heterocycles. The average Bonchev–Trinajstić information content (AvgIpc) is 3.66. The SMILES string of the molecule is O=C(NCCc1ccncc1)c1ccc([C@@H]2C[C@H]2C(=O)Nc2ccc3cnccc3c2)cc1. The zero-order valence-corrected chi connectivity index (χ0v) is 18.1. The zero-order chi connectivity index (χ0) is 22.6. The number of aromatic nitrogens is 2. The van der Waals surface area contributed by atoms with Crippen LogP contribution in [-0.2, 0) is 11.2 Å². The van der Waals surface area contributed by atoms with Crippen LogP contribution in [0.2, 0.25) is 0 Å². The van der Waals surface area contributed by atoms with Gasteiger partial charge in [0.1, 0.15) is 0 Å². The summed E-state index contributed by atoms with van der Waals surface area (Å²) in [6, 6.07) is 19.2. The molecule has 1 aliphatic carbocycles. The highest BCUT2D eigenvalue weighted by Gasteiger charge is 2.43. The number of hydrogen-bond donors (Lipinski definition) is 2. The first kappa shape index (κ1) is 20.8. The molecule has 0 radical (unpaired) electrons. The highest BCUT2D eigenvalue weighted by Crippen LogP contribution is 2.48. The third-order valence-corrected chi connectivity index (χ3v) is 6.08. The van der Waals surface area contributed by atoms with Gasteiger partial charge in [0.15, 0.2) is 0 Å². The number of carbonyl (C=O) groups is 2. The summed E-state index contributed by atoms with van der Waals surface area (Å²) in [5, 5.41) is 8.07. The second-order valence-electron chi connectivity index (χ2n) is 8.36. The number of pyridine rings is 2. The van der Waals surface area contributed by atoms with Gasteiger partial charge in [0, 0.05) is 53.9 Å². The van der Waals surface area contributed by atoms with Crippen LogP contribution < -0.4 is 10.6 Å². The first-order valence-corrected chi connectivity index (χ1v) is 11.1. The van der Waals surface area contributed by atoms with Crippen molar-refractivity contribution in [3.8, 4) is 0 Å². The van der Waals surface area contributed by atoms with Gasteiger partial charge >= 0.3 is 0 Å². The van der Waals surface area contributed by atoms with Gasteiger partial charge in [-0.3, -0.25) is 19.6 Å². The summed E-state index contributed by atoms with van der Waals surface area (Å²) in [4.78, 5) is 33.2. The highest BCUT2D eigenvalue weighted by atomic mass is 16.2. The van der Waals surface area contributed by atoms with Gasteiger partial charge in [-0.1, -0.05) is 18.2 Å². The lowest BCUT2D eigenvalue weighted by atomic mass is 10.1. The molecule has 33 heavy (non-hydrogen) atoms. The van der Waals surface area contributed by atoms with Crippen molar-refractivity contribution < 1.29 is 9.59 Å². The Balaban J connectivity index is 1.14. The lowest BCUT2D eigenvalue weighted by Crippen LogP contribution is -2.25. The summed E-state index contributed by atoms with van der Waals surface area (Å²) < 4.78 is 0. The molecular formula is C27H24N4O2. The second kappa shape index (κ2) is 9.20. The van der Waals surface area contributed by atoms with E-state index in [-0.39, 0.29) is 23.7 Å². The Morgan fingerprint density at radius 2 is 1.67 bits per heavy atom. The van der Waals surface area contributed by atoms with Crippen LogP contribution in [-0.4, -0.2) is 28.3 Å². The van der Waals surface area contributed by atoms with E-state index >= 15 is 0 Å². The maximum absolute atomic E-state index is 12.7. The van der Waals surface area contributed by atoms with Crippen molar-refractivity contribution in [1.29, 1.82) is 0 Å². The average molecular weight is 437 g/mol. The fourth-order valence-corrected chi connectivity index (χ4v) is 4.10. The summed E-state index contributed by atoms with van der Waals surface area (Å²) >= 11 is 0. The molecule has 0 spiro atoms. The van der Waals surface area contributed by atoms with Crippen molar-refractivity contribution in [2.75, 3.05) is 11.9 Å². The van der Waals surface area contributed by atoms with E-state index in [2.05, 4.69) is 20.6 Å². The predicted octanol–water partition coefficient (Wildman–Crippen LogP) is 4.34. The van der Waals surface area contributed by atoms with E-state index in [1.54, 1.807) is 18.6 Å². The van der Waals surface area contributed by atoms with Gasteiger partial charge < -0.3 is 10.6 Å². The smallest absolute Gasteiger partial charge is 0.251 e. The monoisotopic (exact) mass is 436 g/mol. The van der Waals surface area contributed by atoms with Crippen LogP contribution in [0.5, 0.6) is 0 Å². The van der Waals surface area contributed by atoms with E-state index in [1.165, 1.54) is 0 Å². The number of fused-ring (bicyclic) bond motifs is 1. The number of nitrogens with one attached hydrogen (secondary N) is 2. The van der Waals surface area contributed by atoms with Gasteiger partial charge in [-0.05, 0) is 77.7 Å². The maximum atomic E-state index is 12.7. The molecule has 2 N–H and O–H groups in total. The van der Waals surface area contributed by atoms with Crippen molar-refractivity contribution in [2.24, 2.45) is 5.92 Å². The number of hydrogen-bond acceptors (Lipinski definition) is 4. The zero-order valence-electron chi connectivity index (χ0n) is 18.1. The molecule has 6 nitrogen and oxygen atoms in total. The van der Waals surface area contributed by atoms with Gasteiger partial charge in [-0.15, -0.1) is 0 Å². The van der Waals surface area contributed by atoms with Crippen molar-refractivity contribution in [1.82, 2.24) is 15.3 Å².